The molecule has 4 aromatic rings. The third-order valence-electron chi connectivity index (χ3n) is 4.85. The van der Waals surface area contributed by atoms with E-state index in [2.05, 4.69) is 10.4 Å². The van der Waals surface area contributed by atoms with E-state index in [1.165, 1.54) is 11.3 Å². The molecule has 0 aliphatic carbocycles. The van der Waals surface area contributed by atoms with Crippen molar-refractivity contribution in [2.75, 3.05) is 6.61 Å². The van der Waals surface area contributed by atoms with Gasteiger partial charge in [-0.1, -0.05) is 29.8 Å². The van der Waals surface area contributed by atoms with Crippen molar-refractivity contribution < 1.29 is 19.1 Å². The summed E-state index contributed by atoms with van der Waals surface area (Å²) in [7, 11) is 1.69. The molecule has 0 fully saturated rings. The fourth-order valence-electron chi connectivity index (χ4n) is 3.23. The minimum Gasteiger partial charge on any atom is -0.451 e. The first kappa shape index (κ1) is 21.8. The van der Waals surface area contributed by atoms with Gasteiger partial charge in [0.25, 0.3) is 11.8 Å². The number of esters is 1. The van der Waals surface area contributed by atoms with Crippen LogP contribution in [0.5, 0.6) is 0 Å². The predicted octanol–water partition coefficient (Wildman–Crippen LogP) is 3.56. The van der Waals surface area contributed by atoms with Gasteiger partial charge in [0.15, 0.2) is 6.61 Å². The number of carbonyl (C=O) groups excluding carboxylic acids is 3. The first-order valence-electron chi connectivity index (χ1n) is 9.66. The lowest BCUT2D eigenvalue weighted by Gasteiger charge is -2.06. The van der Waals surface area contributed by atoms with Crippen molar-refractivity contribution in [3.8, 4) is 0 Å². The maximum absolute atomic E-state index is 12.5. The molecule has 0 atom stereocenters. The largest absolute Gasteiger partial charge is 0.451 e. The van der Waals surface area contributed by atoms with Crippen LogP contribution < -0.4 is 5.32 Å². The molecule has 0 spiro atoms. The number of imide groups is 1. The van der Waals surface area contributed by atoms with Crippen molar-refractivity contribution >= 4 is 50.9 Å². The molecule has 3 heterocycles. The molecule has 32 heavy (non-hydrogen) atoms. The van der Waals surface area contributed by atoms with Gasteiger partial charge in [-0.05, 0) is 36.8 Å². The van der Waals surface area contributed by atoms with Crippen LogP contribution in [-0.2, 0) is 23.1 Å². The number of halogens is 1. The molecule has 10 heteroatoms. The first-order valence-corrected chi connectivity index (χ1v) is 10.9. The number of nitrogens with zero attached hydrogens (tertiary/aromatic N) is 3. The summed E-state index contributed by atoms with van der Waals surface area (Å²) >= 11 is 7.49. The van der Waals surface area contributed by atoms with Crippen molar-refractivity contribution in [3.63, 3.8) is 0 Å². The molecule has 0 saturated heterocycles. The smallest absolute Gasteiger partial charge is 0.348 e. The zero-order valence-electron chi connectivity index (χ0n) is 17.3. The van der Waals surface area contributed by atoms with Gasteiger partial charge in [-0.25, -0.2) is 4.79 Å². The summed E-state index contributed by atoms with van der Waals surface area (Å²) in [6.07, 6.45) is 1.69. The lowest BCUT2D eigenvalue weighted by molar-refractivity contribution is -0.123. The van der Waals surface area contributed by atoms with Gasteiger partial charge in [0.1, 0.15) is 15.4 Å². The maximum Gasteiger partial charge on any atom is 0.348 e. The zero-order valence-corrected chi connectivity index (χ0v) is 18.9. The van der Waals surface area contributed by atoms with Crippen LogP contribution in [0.25, 0.3) is 10.2 Å². The van der Waals surface area contributed by atoms with Crippen LogP contribution in [0.2, 0.25) is 5.02 Å². The van der Waals surface area contributed by atoms with E-state index in [0.29, 0.717) is 22.1 Å². The molecule has 0 aliphatic rings. The summed E-state index contributed by atoms with van der Waals surface area (Å²) in [6.45, 7) is 1.76. The van der Waals surface area contributed by atoms with Crippen LogP contribution in [0.1, 0.15) is 31.4 Å². The summed E-state index contributed by atoms with van der Waals surface area (Å²) in [5.41, 5.74) is 2.01. The summed E-state index contributed by atoms with van der Waals surface area (Å²) in [5.74, 6) is -1.90. The topological polar surface area (TPSA) is 95.2 Å². The Kier molecular flexibility index (Phi) is 6.11. The van der Waals surface area contributed by atoms with E-state index in [9.17, 15) is 14.4 Å². The van der Waals surface area contributed by atoms with Gasteiger partial charge in [-0.2, -0.15) is 5.10 Å². The number of ether oxygens (including phenoxy) is 1. The number of nitrogens with one attached hydrogen (secondary N) is 1. The molecule has 0 saturated carbocycles. The highest BCUT2D eigenvalue weighted by Gasteiger charge is 2.20. The summed E-state index contributed by atoms with van der Waals surface area (Å²) < 4.78 is 8.48. The van der Waals surface area contributed by atoms with E-state index < -0.39 is 24.4 Å². The van der Waals surface area contributed by atoms with Crippen LogP contribution in [0.4, 0.5) is 0 Å². The second-order valence-electron chi connectivity index (χ2n) is 7.12. The molecule has 0 unspecified atom stereocenters. The minimum absolute atomic E-state index is 0.327. The van der Waals surface area contributed by atoms with Crippen molar-refractivity contribution in [3.05, 3.63) is 75.5 Å². The number of fused-ring (bicyclic) bond motifs is 1. The van der Waals surface area contributed by atoms with Crippen LogP contribution in [0.15, 0.2) is 48.7 Å². The molecular formula is C22H19ClN4O4S. The number of benzene rings is 1. The number of rotatable bonds is 6. The van der Waals surface area contributed by atoms with Crippen molar-refractivity contribution in [1.29, 1.82) is 0 Å². The Morgan fingerprint density at radius 2 is 1.97 bits per heavy atom. The predicted molar refractivity (Wildman–Crippen MR) is 121 cm³/mol. The number of hydrogen-bond donors (Lipinski definition) is 1. The van der Waals surface area contributed by atoms with E-state index in [4.69, 9.17) is 16.3 Å². The quantitative estimate of drug-likeness (QED) is 0.435. The molecule has 1 N–H and O–H groups in total. The number of aromatic nitrogens is 3. The number of amides is 2. The molecule has 0 aliphatic heterocycles. The Hall–Kier alpha value is -3.43. The molecule has 0 radical (unpaired) electrons. The SMILES string of the molecule is Cc1nn(Cc2ccccc2Cl)c2sc(C(=O)OCC(=O)NC(=O)c3cccn3C)cc12. The Balaban J connectivity index is 1.43. The van der Waals surface area contributed by atoms with E-state index in [1.807, 2.05) is 31.2 Å². The van der Waals surface area contributed by atoms with Gasteiger partial charge < -0.3 is 9.30 Å². The lowest BCUT2D eigenvalue weighted by Crippen LogP contribution is -2.35. The van der Waals surface area contributed by atoms with E-state index in [-0.39, 0.29) is 0 Å². The molecule has 3 aromatic heterocycles. The second-order valence-corrected chi connectivity index (χ2v) is 8.56. The number of carbonyl (C=O) groups is 3. The van der Waals surface area contributed by atoms with Gasteiger partial charge in [-0.15, -0.1) is 11.3 Å². The standard InChI is InChI=1S/C22H19ClN4O4S/c1-13-15-10-18(32-21(15)27(25-13)11-14-6-3-4-7-16(14)23)22(30)31-12-19(28)24-20(29)17-8-5-9-26(17)2/h3-10H,11-12H2,1-2H3,(H,24,28,29). The average Bonchev–Trinajstić information content (AvgIpc) is 3.45. The van der Waals surface area contributed by atoms with Gasteiger partial charge in [0.05, 0.1) is 12.2 Å². The molecule has 0 bridgehead atoms. The Morgan fingerprint density at radius 3 is 2.69 bits per heavy atom. The normalized spacial score (nSPS) is 11.0. The molecule has 2 amide bonds. The van der Waals surface area contributed by atoms with Gasteiger partial charge in [0.2, 0.25) is 0 Å². The highest BCUT2D eigenvalue weighted by Crippen LogP contribution is 2.30. The van der Waals surface area contributed by atoms with Crippen molar-refractivity contribution in [1.82, 2.24) is 19.7 Å². The summed E-state index contributed by atoms with van der Waals surface area (Å²) in [6, 6.07) is 12.5. The van der Waals surface area contributed by atoms with Crippen LogP contribution >= 0.6 is 22.9 Å². The minimum atomic E-state index is -0.702. The highest BCUT2D eigenvalue weighted by molar-refractivity contribution is 7.20. The van der Waals surface area contributed by atoms with Gasteiger partial charge >= 0.3 is 5.97 Å². The fourth-order valence-corrected chi connectivity index (χ4v) is 4.48. The fraction of sp³-hybridized carbons (Fsp3) is 0.182. The highest BCUT2D eigenvalue weighted by atomic mass is 35.5. The Morgan fingerprint density at radius 1 is 1.19 bits per heavy atom. The van der Waals surface area contributed by atoms with E-state index in [1.54, 1.807) is 40.7 Å². The lowest BCUT2D eigenvalue weighted by atomic mass is 10.2. The van der Waals surface area contributed by atoms with Crippen LogP contribution in [0, 0.1) is 6.92 Å². The second kappa shape index (κ2) is 8.97. The Bertz CT molecular complexity index is 1340. The molecule has 1 aromatic carbocycles. The third-order valence-corrected chi connectivity index (χ3v) is 6.35. The number of aryl methyl sites for hydroxylation is 2. The zero-order chi connectivity index (χ0) is 22.8. The number of thiophene rings is 1. The first-order chi connectivity index (χ1) is 15.3. The molecule has 164 valence electrons. The molecule has 8 nitrogen and oxygen atoms in total. The average molecular weight is 471 g/mol. The van der Waals surface area contributed by atoms with Crippen molar-refractivity contribution in [2.24, 2.45) is 7.05 Å². The number of hydrogen-bond acceptors (Lipinski definition) is 6. The van der Waals surface area contributed by atoms with Crippen LogP contribution in [0.3, 0.4) is 0 Å². The van der Waals surface area contributed by atoms with E-state index in [0.717, 1.165) is 21.5 Å². The van der Waals surface area contributed by atoms with Gasteiger partial charge in [-0.3, -0.25) is 19.6 Å². The third kappa shape index (κ3) is 4.44. The summed E-state index contributed by atoms with van der Waals surface area (Å²) in [5, 5.41) is 8.21. The maximum atomic E-state index is 12.5. The van der Waals surface area contributed by atoms with E-state index >= 15 is 0 Å². The molecular weight excluding hydrogens is 452 g/mol. The van der Waals surface area contributed by atoms with Crippen LogP contribution in [-0.4, -0.2) is 38.7 Å². The monoisotopic (exact) mass is 470 g/mol. The Labute approximate surface area is 192 Å². The molecule has 4 rings (SSSR count). The summed E-state index contributed by atoms with van der Waals surface area (Å²) in [4.78, 5) is 37.7. The van der Waals surface area contributed by atoms with Crippen molar-refractivity contribution in [2.45, 2.75) is 13.5 Å². The van der Waals surface area contributed by atoms with Gasteiger partial charge in [0, 0.05) is 23.7 Å².